The molecule has 3 nitrogen and oxygen atoms in total. The lowest BCUT2D eigenvalue weighted by Gasteiger charge is -2.16. The van der Waals surface area contributed by atoms with Crippen molar-refractivity contribution < 1.29 is 4.79 Å². The quantitative estimate of drug-likeness (QED) is 0.773. The van der Waals surface area contributed by atoms with Gasteiger partial charge < -0.3 is 5.32 Å². The van der Waals surface area contributed by atoms with Gasteiger partial charge in [0.2, 0.25) is 5.91 Å². The van der Waals surface area contributed by atoms with Gasteiger partial charge in [0.25, 0.3) is 0 Å². The van der Waals surface area contributed by atoms with Gasteiger partial charge in [0.15, 0.2) is 0 Å². The van der Waals surface area contributed by atoms with Gasteiger partial charge in [-0.25, -0.2) is 0 Å². The maximum absolute atomic E-state index is 12.2. The van der Waals surface area contributed by atoms with Crippen molar-refractivity contribution in [2.45, 2.75) is 25.8 Å². The van der Waals surface area contributed by atoms with Gasteiger partial charge >= 0.3 is 0 Å². The number of nitrogens with one attached hydrogen (secondary N) is 1. The van der Waals surface area contributed by atoms with Crippen LogP contribution in [-0.4, -0.2) is 10.9 Å². The first kappa shape index (κ1) is 15.2. The summed E-state index contributed by atoms with van der Waals surface area (Å²) in [6.07, 6.45) is 4.73. The second-order valence-electron chi connectivity index (χ2n) is 5.72. The van der Waals surface area contributed by atoms with E-state index in [0.717, 1.165) is 11.1 Å². The number of amides is 1. The zero-order valence-corrected chi connectivity index (χ0v) is 13.2. The number of aryl methyl sites for hydroxylation is 1. The van der Waals surface area contributed by atoms with Gasteiger partial charge in [-0.05, 0) is 41.3 Å². The third-order valence-corrected chi connectivity index (χ3v) is 4.03. The molecule has 0 unspecified atom stereocenters. The van der Waals surface area contributed by atoms with Crippen molar-refractivity contribution in [3.05, 3.63) is 78.1 Å². The third-order valence-electron chi connectivity index (χ3n) is 4.03. The summed E-state index contributed by atoms with van der Waals surface area (Å²) in [5.74, 6) is 0.0642. The number of rotatable bonds is 5. The molecule has 1 N–H and O–H groups in total. The Morgan fingerprint density at radius 1 is 1.09 bits per heavy atom. The van der Waals surface area contributed by atoms with Crippen LogP contribution in [-0.2, 0) is 11.2 Å². The van der Waals surface area contributed by atoms with E-state index in [2.05, 4.69) is 34.6 Å². The molecule has 1 aromatic heterocycles. The molecule has 0 bridgehead atoms. The van der Waals surface area contributed by atoms with E-state index in [-0.39, 0.29) is 11.9 Å². The number of hydrogen-bond acceptors (Lipinski definition) is 2. The minimum Gasteiger partial charge on any atom is -0.350 e. The van der Waals surface area contributed by atoms with Gasteiger partial charge in [0.05, 0.1) is 6.04 Å². The van der Waals surface area contributed by atoms with Gasteiger partial charge in [-0.1, -0.05) is 48.5 Å². The van der Waals surface area contributed by atoms with Crippen LogP contribution in [0.1, 0.15) is 30.5 Å². The Balaban J connectivity index is 1.66. The Hall–Kier alpha value is -2.68. The first-order valence-electron chi connectivity index (χ1n) is 7.90. The smallest absolute Gasteiger partial charge is 0.220 e. The van der Waals surface area contributed by atoms with E-state index >= 15 is 0 Å². The van der Waals surface area contributed by atoms with Crippen molar-refractivity contribution in [3.8, 4) is 0 Å². The molecule has 3 rings (SSSR count). The lowest BCUT2D eigenvalue weighted by molar-refractivity contribution is -0.121. The number of benzene rings is 2. The Morgan fingerprint density at radius 3 is 2.74 bits per heavy atom. The molecule has 1 heterocycles. The minimum absolute atomic E-state index is 0.0116. The fourth-order valence-corrected chi connectivity index (χ4v) is 2.82. The topological polar surface area (TPSA) is 42.0 Å². The highest BCUT2D eigenvalue weighted by molar-refractivity contribution is 5.86. The van der Waals surface area contributed by atoms with E-state index in [0.29, 0.717) is 12.8 Å². The molecule has 0 fully saturated rings. The van der Waals surface area contributed by atoms with E-state index in [1.807, 2.05) is 37.3 Å². The van der Waals surface area contributed by atoms with Crippen LogP contribution < -0.4 is 5.32 Å². The highest BCUT2D eigenvalue weighted by atomic mass is 16.1. The van der Waals surface area contributed by atoms with Crippen molar-refractivity contribution in [1.29, 1.82) is 0 Å². The number of hydrogen-bond donors (Lipinski definition) is 1. The molecule has 3 aromatic rings. The van der Waals surface area contributed by atoms with Crippen LogP contribution in [0.25, 0.3) is 10.8 Å². The molecule has 1 atom stereocenters. The van der Waals surface area contributed by atoms with Crippen molar-refractivity contribution in [2.24, 2.45) is 0 Å². The summed E-state index contributed by atoms with van der Waals surface area (Å²) >= 11 is 0. The molecule has 1 amide bonds. The molecule has 0 aliphatic rings. The van der Waals surface area contributed by atoms with Crippen molar-refractivity contribution in [3.63, 3.8) is 0 Å². The lowest BCUT2D eigenvalue weighted by atomic mass is 9.99. The van der Waals surface area contributed by atoms with E-state index in [1.54, 1.807) is 12.4 Å². The third kappa shape index (κ3) is 3.75. The average Bonchev–Trinajstić information content (AvgIpc) is 2.60. The number of pyridine rings is 1. The average molecular weight is 304 g/mol. The summed E-state index contributed by atoms with van der Waals surface area (Å²) in [7, 11) is 0. The van der Waals surface area contributed by atoms with Crippen LogP contribution >= 0.6 is 0 Å². The number of carbonyl (C=O) groups excluding carboxylic acids is 1. The van der Waals surface area contributed by atoms with E-state index < -0.39 is 0 Å². The Morgan fingerprint density at radius 2 is 1.91 bits per heavy atom. The molecule has 23 heavy (non-hydrogen) atoms. The molecule has 0 aliphatic heterocycles. The maximum atomic E-state index is 12.2. The first-order chi connectivity index (χ1) is 11.2. The van der Waals surface area contributed by atoms with Crippen LogP contribution in [0.3, 0.4) is 0 Å². The van der Waals surface area contributed by atoms with Gasteiger partial charge in [-0.2, -0.15) is 0 Å². The van der Waals surface area contributed by atoms with Gasteiger partial charge in [-0.3, -0.25) is 9.78 Å². The van der Waals surface area contributed by atoms with Crippen molar-refractivity contribution >= 4 is 16.7 Å². The summed E-state index contributed by atoms with van der Waals surface area (Å²) < 4.78 is 0. The first-order valence-corrected chi connectivity index (χ1v) is 7.90. The second-order valence-corrected chi connectivity index (χ2v) is 5.72. The Bertz CT molecular complexity index is 794. The monoisotopic (exact) mass is 304 g/mol. The fraction of sp³-hybridized carbons (Fsp3) is 0.200. The number of carbonyl (C=O) groups is 1. The molecule has 0 aliphatic carbocycles. The largest absolute Gasteiger partial charge is 0.350 e. The summed E-state index contributed by atoms with van der Waals surface area (Å²) in [4.78, 5) is 16.3. The minimum atomic E-state index is -0.0116. The Kier molecular flexibility index (Phi) is 4.67. The zero-order valence-electron chi connectivity index (χ0n) is 13.2. The van der Waals surface area contributed by atoms with Gasteiger partial charge in [-0.15, -0.1) is 0 Å². The lowest BCUT2D eigenvalue weighted by Crippen LogP contribution is -2.26. The molecule has 0 spiro atoms. The molecule has 116 valence electrons. The molecule has 3 heteroatoms. The van der Waals surface area contributed by atoms with Crippen LogP contribution in [0, 0.1) is 0 Å². The van der Waals surface area contributed by atoms with Crippen molar-refractivity contribution in [1.82, 2.24) is 10.3 Å². The highest BCUT2D eigenvalue weighted by Crippen LogP contribution is 2.24. The maximum Gasteiger partial charge on any atom is 0.220 e. The van der Waals surface area contributed by atoms with Gasteiger partial charge in [0.1, 0.15) is 0 Å². The predicted molar refractivity (Wildman–Crippen MR) is 93.1 cm³/mol. The van der Waals surface area contributed by atoms with Crippen LogP contribution in [0.15, 0.2) is 67.0 Å². The summed E-state index contributed by atoms with van der Waals surface area (Å²) in [6, 6.07) is 18.3. The predicted octanol–water partition coefficient (Wildman–Crippen LogP) is 4.04. The van der Waals surface area contributed by atoms with Crippen LogP contribution in [0.5, 0.6) is 0 Å². The van der Waals surface area contributed by atoms with Crippen molar-refractivity contribution in [2.75, 3.05) is 0 Å². The fourth-order valence-electron chi connectivity index (χ4n) is 2.82. The molecule has 2 aromatic carbocycles. The molecular formula is C20H20N2O. The van der Waals surface area contributed by atoms with Crippen LogP contribution in [0.4, 0.5) is 0 Å². The Labute approximate surface area is 136 Å². The normalized spacial score (nSPS) is 12.0. The number of aromatic nitrogens is 1. The molecular weight excluding hydrogens is 284 g/mol. The summed E-state index contributed by atoms with van der Waals surface area (Å²) in [5.41, 5.74) is 2.23. The molecule has 0 radical (unpaired) electrons. The van der Waals surface area contributed by atoms with Crippen LogP contribution in [0.2, 0.25) is 0 Å². The van der Waals surface area contributed by atoms with E-state index in [4.69, 9.17) is 0 Å². The molecule has 0 saturated carbocycles. The highest BCUT2D eigenvalue weighted by Gasteiger charge is 2.12. The number of fused-ring (bicyclic) bond motifs is 1. The zero-order chi connectivity index (χ0) is 16.1. The summed E-state index contributed by atoms with van der Waals surface area (Å²) in [6.45, 7) is 2.03. The standard InChI is InChI=1S/C20H20N2O/c1-15(18-10-4-8-17-7-2-3-9-19(17)18)22-20(23)12-11-16-6-5-13-21-14-16/h2-10,13-15H,11-12H2,1H3,(H,22,23)/t15-/m0/s1. The van der Waals surface area contributed by atoms with E-state index in [9.17, 15) is 4.79 Å². The van der Waals surface area contributed by atoms with Gasteiger partial charge in [0, 0.05) is 18.8 Å². The number of nitrogens with zero attached hydrogens (tertiary/aromatic N) is 1. The van der Waals surface area contributed by atoms with E-state index in [1.165, 1.54) is 10.8 Å². The molecule has 0 saturated heterocycles. The SMILES string of the molecule is C[C@H](NC(=O)CCc1cccnc1)c1cccc2ccccc12. The second kappa shape index (κ2) is 7.05. The summed E-state index contributed by atoms with van der Waals surface area (Å²) in [5, 5.41) is 5.48.